The SMILES string of the molecule is CC1=CC[C]([Ti](=[SiH2])([C]2=CC(C)=CC2)([c]2ccccc2)[c]2ccccc2)=C1.Cl.Cl. The Morgan fingerprint density at radius 1 is 0.643 bits per heavy atom. The minimum absolute atomic E-state index is 0. The molecule has 146 valence electrons. The molecular formula is C24H28Cl2SiTi. The molecule has 0 nitrogen and oxygen atoms in total. The molecule has 0 bridgehead atoms. The molecule has 0 unspecified atom stereocenters. The van der Waals surface area contributed by atoms with E-state index < -0.39 is 14.0 Å². The van der Waals surface area contributed by atoms with Gasteiger partial charge in [-0.25, -0.2) is 0 Å². The Bertz CT molecular complexity index is 959. The third kappa shape index (κ3) is 3.38. The molecule has 0 fully saturated rings. The predicted molar refractivity (Wildman–Crippen MR) is 128 cm³/mol. The van der Waals surface area contributed by atoms with Crippen molar-refractivity contribution in [2.75, 3.05) is 0 Å². The van der Waals surface area contributed by atoms with Crippen molar-refractivity contribution in [2.24, 2.45) is 0 Å². The first-order valence-corrected chi connectivity index (χ1v) is 16.6. The fourth-order valence-corrected chi connectivity index (χ4v) is 18.6. The predicted octanol–water partition coefficient (Wildman–Crippen LogP) is 5.19. The van der Waals surface area contributed by atoms with E-state index in [-0.39, 0.29) is 24.8 Å². The first-order valence-electron chi connectivity index (χ1n) is 9.43. The van der Waals surface area contributed by atoms with Gasteiger partial charge in [-0.3, -0.25) is 0 Å². The molecule has 0 N–H and O–H groups in total. The Labute approximate surface area is 183 Å². The summed E-state index contributed by atoms with van der Waals surface area (Å²) in [6, 6.07) is 22.7. The van der Waals surface area contributed by atoms with Gasteiger partial charge in [0.2, 0.25) is 0 Å². The summed E-state index contributed by atoms with van der Waals surface area (Å²) in [5.41, 5.74) is 2.83. The van der Waals surface area contributed by atoms with Crippen LogP contribution in [0.5, 0.6) is 0 Å². The van der Waals surface area contributed by atoms with Crippen LogP contribution in [0, 0.1) is 0 Å². The number of allylic oxidation sites excluding steroid dienone is 8. The Morgan fingerprint density at radius 2 is 1.00 bits per heavy atom. The van der Waals surface area contributed by atoms with Gasteiger partial charge in [0.15, 0.2) is 0 Å². The van der Waals surface area contributed by atoms with E-state index >= 15 is 0 Å². The standard InChI is InChI=1S/2C6H7.2C6H5.2ClH.H2Si.Ti/c2*1-6-4-2-3-5-6;2*1-2-4-6-5-3-1;;;;/h2*4-5H,2H2,1H3;2*1-5H;2*1H;1H2;. The van der Waals surface area contributed by atoms with Crippen LogP contribution in [-0.2, 0) is 14.0 Å². The third-order valence-corrected chi connectivity index (χ3v) is 24.0. The van der Waals surface area contributed by atoms with Gasteiger partial charge in [0.25, 0.3) is 0 Å². The molecule has 0 heterocycles. The summed E-state index contributed by atoms with van der Waals surface area (Å²) >= 11 is -3.56. The Balaban J connectivity index is 0.00000140. The van der Waals surface area contributed by atoms with Crippen LogP contribution in [0.15, 0.2) is 104 Å². The van der Waals surface area contributed by atoms with Crippen molar-refractivity contribution in [3.05, 3.63) is 104 Å². The third-order valence-electron chi connectivity index (χ3n) is 6.33. The molecule has 0 saturated carbocycles. The van der Waals surface area contributed by atoms with Gasteiger partial charge >= 0.3 is 160 Å². The maximum absolute atomic E-state index is 3.56. The average Bonchev–Trinajstić information content (AvgIpc) is 3.32. The van der Waals surface area contributed by atoms with Crippen molar-refractivity contribution in [1.29, 1.82) is 0 Å². The van der Waals surface area contributed by atoms with E-state index in [2.05, 4.69) is 106 Å². The fourth-order valence-electron chi connectivity index (χ4n) is 4.82. The van der Waals surface area contributed by atoms with Crippen LogP contribution in [-0.4, -0.2) is 7.63 Å². The van der Waals surface area contributed by atoms with Crippen LogP contribution in [0.25, 0.3) is 0 Å². The molecule has 2 aliphatic carbocycles. The molecule has 0 aliphatic heterocycles. The molecule has 4 rings (SSSR count). The second-order valence-corrected chi connectivity index (χ2v) is 22.0. The van der Waals surface area contributed by atoms with Crippen LogP contribution < -0.4 is 7.74 Å². The van der Waals surface area contributed by atoms with E-state index in [0.717, 1.165) is 12.8 Å². The molecule has 2 aromatic rings. The van der Waals surface area contributed by atoms with Gasteiger partial charge in [0.1, 0.15) is 0 Å². The van der Waals surface area contributed by atoms with Crippen LogP contribution >= 0.6 is 24.8 Å². The number of halogens is 2. The topological polar surface area (TPSA) is 0 Å². The fraction of sp³-hybridized carbons (Fsp3) is 0.167. The van der Waals surface area contributed by atoms with Crippen molar-refractivity contribution in [3.8, 4) is 0 Å². The Morgan fingerprint density at radius 3 is 1.29 bits per heavy atom. The summed E-state index contributed by atoms with van der Waals surface area (Å²) in [6.45, 7) is 4.49. The zero-order valence-electron chi connectivity index (χ0n) is 16.5. The molecule has 0 spiro atoms. The normalized spacial score (nSPS) is 16.2. The average molecular weight is 463 g/mol. The van der Waals surface area contributed by atoms with Crippen LogP contribution in [0.3, 0.4) is 0 Å². The minimum atomic E-state index is -3.56. The number of rotatable bonds is 4. The van der Waals surface area contributed by atoms with E-state index in [9.17, 15) is 0 Å². The first kappa shape index (κ1) is 23.2. The van der Waals surface area contributed by atoms with Crippen molar-refractivity contribution >= 4 is 40.2 Å². The smallest absolute Gasteiger partial charge is 0.147 e. The van der Waals surface area contributed by atoms with Crippen molar-refractivity contribution in [2.45, 2.75) is 26.7 Å². The van der Waals surface area contributed by atoms with Crippen molar-refractivity contribution in [3.63, 3.8) is 0 Å². The summed E-state index contributed by atoms with van der Waals surface area (Å²) in [5, 5.41) is 0. The molecule has 0 aromatic heterocycles. The molecule has 0 amide bonds. The molecule has 0 saturated heterocycles. The molecule has 0 atom stereocenters. The summed E-state index contributed by atoms with van der Waals surface area (Å²) < 4.78 is 6.45. The number of hydrogen-bond acceptors (Lipinski definition) is 0. The molecule has 28 heavy (non-hydrogen) atoms. The summed E-state index contributed by atoms with van der Waals surface area (Å²) in [4.78, 5) is 0. The molecule has 2 aliphatic rings. The van der Waals surface area contributed by atoms with Crippen LogP contribution in [0.4, 0.5) is 0 Å². The van der Waals surface area contributed by atoms with Crippen molar-refractivity contribution < 1.29 is 14.0 Å². The molecule has 2 aromatic carbocycles. The van der Waals surface area contributed by atoms with Gasteiger partial charge in [-0.15, -0.1) is 24.8 Å². The Hall–Kier alpha value is -1.09. The van der Waals surface area contributed by atoms with Crippen molar-refractivity contribution in [1.82, 2.24) is 0 Å². The van der Waals surface area contributed by atoms with Gasteiger partial charge < -0.3 is 0 Å². The zero-order chi connectivity index (χ0) is 18.2. The van der Waals surface area contributed by atoms with Gasteiger partial charge in [0.05, 0.1) is 0 Å². The van der Waals surface area contributed by atoms with E-state index in [1.165, 1.54) is 11.1 Å². The minimum Gasteiger partial charge on any atom is -0.147 e. The largest absolute Gasteiger partial charge is 0.147 e. The summed E-state index contributed by atoms with van der Waals surface area (Å²) in [7, 11) is 2.35. The second kappa shape index (κ2) is 8.73. The quantitative estimate of drug-likeness (QED) is 0.548. The van der Waals surface area contributed by atoms with Gasteiger partial charge in [-0.1, -0.05) is 0 Å². The summed E-state index contributed by atoms with van der Waals surface area (Å²) in [5.74, 6) is 0. The Kier molecular flexibility index (Phi) is 7.23. The number of hydrogen-bond donors (Lipinski definition) is 0. The van der Waals surface area contributed by atoms with E-state index in [1.54, 1.807) is 15.5 Å². The number of benzene rings is 2. The van der Waals surface area contributed by atoms with E-state index in [0.29, 0.717) is 0 Å². The maximum Gasteiger partial charge on any atom is -0.147 e. The second-order valence-electron chi connectivity index (χ2n) is 7.83. The van der Waals surface area contributed by atoms with Gasteiger partial charge in [-0.05, 0) is 0 Å². The van der Waals surface area contributed by atoms with Gasteiger partial charge in [0, 0.05) is 0 Å². The van der Waals surface area contributed by atoms with Gasteiger partial charge in [-0.2, -0.15) is 0 Å². The molecular weight excluding hydrogens is 435 g/mol. The monoisotopic (exact) mass is 462 g/mol. The zero-order valence-corrected chi connectivity index (χ0v) is 21.1. The van der Waals surface area contributed by atoms with Crippen LogP contribution in [0.1, 0.15) is 26.7 Å². The van der Waals surface area contributed by atoms with E-state index in [1.807, 2.05) is 0 Å². The maximum atomic E-state index is 2.50. The first-order chi connectivity index (χ1) is 12.5. The molecule has 4 heteroatoms. The van der Waals surface area contributed by atoms with E-state index in [4.69, 9.17) is 0 Å². The van der Waals surface area contributed by atoms with Crippen LogP contribution in [0.2, 0.25) is 0 Å². The summed E-state index contributed by atoms with van der Waals surface area (Å²) in [6.07, 6.45) is 12.0. The molecule has 0 radical (unpaired) electrons.